The molecule has 2 aromatic rings. The fourth-order valence-corrected chi connectivity index (χ4v) is 2.39. The first-order chi connectivity index (χ1) is 10.0. The molecular formula is C15H22N4O2. The molecule has 0 aromatic carbocycles. The molecule has 0 saturated carbocycles. The number of hydrogen-bond acceptors (Lipinski definition) is 4. The summed E-state index contributed by atoms with van der Waals surface area (Å²) in [4.78, 5) is 20.2. The van der Waals surface area contributed by atoms with E-state index in [9.17, 15) is 9.90 Å². The van der Waals surface area contributed by atoms with Gasteiger partial charge in [-0.2, -0.15) is 0 Å². The van der Waals surface area contributed by atoms with E-state index in [-0.39, 0.29) is 5.69 Å². The lowest BCUT2D eigenvalue weighted by Crippen LogP contribution is -2.28. The van der Waals surface area contributed by atoms with Crippen LogP contribution in [0.25, 0.3) is 5.65 Å². The third-order valence-electron chi connectivity index (χ3n) is 3.43. The molecule has 0 saturated heterocycles. The van der Waals surface area contributed by atoms with Gasteiger partial charge in [0.2, 0.25) is 0 Å². The highest BCUT2D eigenvalue weighted by Crippen LogP contribution is 2.22. The van der Waals surface area contributed by atoms with E-state index in [1.165, 1.54) is 0 Å². The Morgan fingerprint density at radius 2 is 2.10 bits per heavy atom. The number of aromatic carboxylic acids is 1. The predicted octanol–water partition coefficient (Wildman–Crippen LogP) is 1.81. The Morgan fingerprint density at radius 1 is 1.33 bits per heavy atom. The smallest absolute Gasteiger partial charge is 0.356 e. The second kappa shape index (κ2) is 6.58. The molecule has 0 aliphatic heterocycles. The van der Waals surface area contributed by atoms with Crippen LogP contribution in [-0.2, 0) is 0 Å². The minimum absolute atomic E-state index is 0.234. The number of carboxylic acids is 1. The summed E-state index contributed by atoms with van der Waals surface area (Å²) in [6, 6.07) is 5.50. The molecule has 0 spiro atoms. The zero-order chi connectivity index (χ0) is 15.4. The van der Waals surface area contributed by atoms with Crippen LogP contribution in [-0.4, -0.2) is 59.1 Å². The highest BCUT2D eigenvalue weighted by Gasteiger charge is 2.22. The van der Waals surface area contributed by atoms with E-state index in [2.05, 4.69) is 9.88 Å². The quantitative estimate of drug-likeness (QED) is 0.842. The van der Waals surface area contributed by atoms with Crippen LogP contribution in [0.15, 0.2) is 24.4 Å². The van der Waals surface area contributed by atoms with Crippen molar-refractivity contribution in [2.75, 3.05) is 38.6 Å². The summed E-state index contributed by atoms with van der Waals surface area (Å²) in [6.45, 7) is 4.51. The number of pyridine rings is 1. The molecule has 0 unspecified atom stereocenters. The number of fused-ring (bicyclic) bond motifs is 1. The SMILES string of the molecule is CCN(CCCN(C)C)c1nc2ccccn2c1C(=O)O. The average Bonchev–Trinajstić information content (AvgIpc) is 2.82. The maximum atomic E-state index is 11.6. The van der Waals surface area contributed by atoms with Crippen molar-refractivity contribution in [2.24, 2.45) is 0 Å². The average molecular weight is 290 g/mol. The van der Waals surface area contributed by atoms with Gasteiger partial charge < -0.3 is 14.9 Å². The van der Waals surface area contributed by atoms with E-state index in [0.29, 0.717) is 11.5 Å². The van der Waals surface area contributed by atoms with Crippen LogP contribution in [0.1, 0.15) is 23.8 Å². The van der Waals surface area contributed by atoms with Gasteiger partial charge in [-0.05, 0) is 46.1 Å². The lowest BCUT2D eigenvalue weighted by molar-refractivity contribution is 0.0690. The molecule has 114 valence electrons. The summed E-state index contributed by atoms with van der Waals surface area (Å²) in [5.41, 5.74) is 0.897. The van der Waals surface area contributed by atoms with Gasteiger partial charge in [0.05, 0.1) is 0 Å². The fourth-order valence-electron chi connectivity index (χ4n) is 2.39. The van der Waals surface area contributed by atoms with E-state index in [0.717, 1.165) is 26.1 Å². The number of carboxylic acid groups (broad SMARTS) is 1. The van der Waals surface area contributed by atoms with Crippen molar-refractivity contribution >= 4 is 17.4 Å². The summed E-state index contributed by atoms with van der Waals surface area (Å²) in [7, 11) is 4.06. The molecular weight excluding hydrogens is 268 g/mol. The molecule has 0 amide bonds. The summed E-state index contributed by atoms with van der Waals surface area (Å²) < 4.78 is 1.63. The minimum atomic E-state index is -0.949. The van der Waals surface area contributed by atoms with Crippen molar-refractivity contribution in [2.45, 2.75) is 13.3 Å². The number of rotatable bonds is 7. The summed E-state index contributed by atoms with van der Waals surface area (Å²) in [5, 5.41) is 9.51. The van der Waals surface area contributed by atoms with Crippen LogP contribution >= 0.6 is 0 Å². The molecule has 0 bridgehead atoms. The zero-order valence-electron chi connectivity index (χ0n) is 12.8. The van der Waals surface area contributed by atoms with Gasteiger partial charge in [0.15, 0.2) is 11.5 Å². The molecule has 0 radical (unpaired) electrons. The molecule has 6 heteroatoms. The summed E-state index contributed by atoms with van der Waals surface area (Å²) in [6.07, 6.45) is 2.71. The molecule has 1 N–H and O–H groups in total. The van der Waals surface area contributed by atoms with Crippen LogP contribution in [0.2, 0.25) is 0 Å². The van der Waals surface area contributed by atoms with Crippen LogP contribution < -0.4 is 4.90 Å². The normalized spacial score (nSPS) is 11.2. The lowest BCUT2D eigenvalue weighted by Gasteiger charge is -2.22. The molecule has 0 fully saturated rings. The third-order valence-corrected chi connectivity index (χ3v) is 3.43. The topological polar surface area (TPSA) is 61.1 Å². The number of imidazole rings is 1. The second-order valence-electron chi connectivity index (χ2n) is 5.25. The Kier molecular flexibility index (Phi) is 4.80. The summed E-state index contributed by atoms with van der Waals surface area (Å²) >= 11 is 0. The largest absolute Gasteiger partial charge is 0.476 e. The van der Waals surface area contributed by atoms with E-state index in [1.807, 2.05) is 44.1 Å². The summed E-state index contributed by atoms with van der Waals surface area (Å²) in [5.74, 6) is -0.398. The van der Waals surface area contributed by atoms with Crippen molar-refractivity contribution in [1.29, 1.82) is 0 Å². The van der Waals surface area contributed by atoms with Crippen LogP contribution in [0, 0.1) is 0 Å². The number of anilines is 1. The van der Waals surface area contributed by atoms with Gasteiger partial charge in [-0.1, -0.05) is 6.07 Å². The Labute approximate surface area is 124 Å². The highest BCUT2D eigenvalue weighted by molar-refractivity contribution is 5.93. The van der Waals surface area contributed by atoms with Crippen LogP contribution in [0.4, 0.5) is 5.82 Å². The number of hydrogen-bond donors (Lipinski definition) is 1. The monoisotopic (exact) mass is 290 g/mol. The molecule has 2 rings (SSSR count). The van der Waals surface area contributed by atoms with Crippen molar-refractivity contribution in [3.8, 4) is 0 Å². The van der Waals surface area contributed by atoms with E-state index in [1.54, 1.807) is 10.6 Å². The van der Waals surface area contributed by atoms with Crippen LogP contribution in [0.3, 0.4) is 0 Å². The van der Waals surface area contributed by atoms with Gasteiger partial charge in [-0.25, -0.2) is 9.78 Å². The number of aromatic nitrogens is 2. The van der Waals surface area contributed by atoms with Crippen molar-refractivity contribution < 1.29 is 9.90 Å². The van der Waals surface area contributed by atoms with Gasteiger partial charge in [-0.3, -0.25) is 4.40 Å². The first-order valence-corrected chi connectivity index (χ1v) is 7.14. The lowest BCUT2D eigenvalue weighted by atomic mass is 10.3. The van der Waals surface area contributed by atoms with E-state index >= 15 is 0 Å². The molecule has 2 heterocycles. The maximum Gasteiger partial charge on any atom is 0.356 e. The van der Waals surface area contributed by atoms with Gasteiger partial charge >= 0.3 is 5.97 Å². The Balaban J connectivity index is 2.34. The van der Waals surface area contributed by atoms with E-state index in [4.69, 9.17) is 0 Å². The second-order valence-corrected chi connectivity index (χ2v) is 5.25. The van der Waals surface area contributed by atoms with Crippen LogP contribution in [0.5, 0.6) is 0 Å². The Hall–Kier alpha value is -2.08. The van der Waals surface area contributed by atoms with Gasteiger partial charge in [0, 0.05) is 19.3 Å². The van der Waals surface area contributed by atoms with Gasteiger partial charge in [-0.15, -0.1) is 0 Å². The van der Waals surface area contributed by atoms with E-state index < -0.39 is 5.97 Å². The number of nitrogens with zero attached hydrogens (tertiary/aromatic N) is 4. The number of carbonyl (C=O) groups is 1. The molecule has 2 aromatic heterocycles. The van der Waals surface area contributed by atoms with Crippen molar-refractivity contribution in [1.82, 2.24) is 14.3 Å². The zero-order valence-corrected chi connectivity index (χ0v) is 12.8. The van der Waals surface area contributed by atoms with Crippen molar-refractivity contribution in [3.05, 3.63) is 30.1 Å². The Bertz CT molecular complexity index is 621. The van der Waals surface area contributed by atoms with Gasteiger partial charge in [0.25, 0.3) is 0 Å². The first kappa shape index (κ1) is 15.3. The Morgan fingerprint density at radius 3 is 2.71 bits per heavy atom. The molecule has 21 heavy (non-hydrogen) atoms. The molecule has 6 nitrogen and oxygen atoms in total. The standard InChI is InChI=1S/C15H22N4O2/c1-4-18(10-7-9-17(2)3)14-13(15(20)21)19-11-6-5-8-12(19)16-14/h5-6,8,11H,4,7,9-10H2,1-3H3,(H,20,21). The van der Waals surface area contributed by atoms with Gasteiger partial charge in [0.1, 0.15) is 5.65 Å². The maximum absolute atomic E-state index is 11.6. The fraction of sp³-hybridized carbons (Fsp3) is 0.467. The predicted molar refractivity (Wildman–Crippen MR) is 83.2 cm³/mol. The van der Waals surface area contributed by atoms with Crippen molar-refractivity contribution in [3.63, 3.8) is 0 Å². The molecule has 0 aliphatic carbocycles. The highest BCUT2D eigenvalue weighted by atomic mass is 16.4. The third kappa shape index (κ3) is 3.33. The molecule has 0 atom stereocenters. The minimum Gasteiger partial charge on any atom is -0.476 e. The molecule has 0 aliphatic rings. The first-order valence-electron chi connectivity index (χ1n) is 7.14.